The SMILES string of the molecule is C=C=O.C=C=O.C=C=O.[Co]. The van der Waals surface area contributed by atoms with Gasteiger partial charge >= 0.3 is 0 Å². The molecule has 0 rings (SSSR count). The van der Waals surface area contributed by atoms with Gasteiger partial charge in [0.05, 0.1) is 0 Å². The largest absolute Gasteiger partial charge is 0.234 e. The molecule has 10 heavy (non-hydrogen) atoms. The first-order valence-corrected chi connectivity index (χ1v) is 1.67. The van der Waals surface area contributed by atoms with Gasteiger partial charge in [-0.1, -0.05) is 0 Å². The minimum absolute atomic E-state index is 0. The Hall–Kier alpha value is -1.14. The van der Waals surface area contributed by atoms with Crippen LogP contribution in [-0.2, 0) is 31.2 Å². The molecule has 0 saturated heterocycles. The quantitative estimate of drug-likeness (QED) is 0.499. The van der Waals surface area contributed by atoms with E-state index in [1.54, 1.807) is 0 Å². The Morgan fingerprint density at radius 1 is 0.700 bits per heavy atom. The fourth-order valence-electron chi connectivity index (χ4n) is 0. The molecule has 57 valence electrons. The van der Waals surface area contributed by atoms with Gasteiger partial charge in [-0.3, -0.25) is 0 Å². The Balaban J connectivity index is -0.0000000257. The topological polar surface area (TPSA) is 51.2 Å². The van der Waals surface area contributed by atoms with E-state index in [9.17, 15) is 0 Å². The maximum absolute atomic E-state index is 8.57. The summed E-state index contributed by atoms with van der Waals surface area (Å²) < 4.78 is 0. The molecule has 0 unspecified atom stereocenters. The summed E-state index contributed by atoms with van der Waals surface area (Å²) in [5.41, 5.74) is 0. The Morgan fingerprint density at radius 3 is 0.700 bits per heavy atom. The standard InChI is InChI=1S/3C2H2O.Co/c3*1-2-3;/h3*1H2;. The molecule has 0 aliphatic heterocycles. The molecule has 0 amide bonds. The molecule has 0 heterocycles. The van der Waals surface area contributed by atoms with Crippen LogP contribution in [0.25, 0.3) is 0 Å². The van der Waals surface area contributed by atoms with E-state index in [0.717, 1.165) is 0 Å². The molecular weight excluding hydrogens is 179 g/mol. The molecule has 0 saturated carbocycles. The van der Waals surface area contributed by atoms with Crippen LogP contribution in [0.1, 0.15) is 0 Å². The van der Waals surface area contributed by atoms with Crippen LogP contribution in [0.3, 0.4) is 0 Å². The van der Waals surface area contributed by atoms with Gasteiger partial charge in [0.25, 0.3) is 0 Å². The molecule has 3 nitrogen and oxygen atoms in total. The van der Waals surface area contributed by atoms with Gasteiger partial charge in [0, 0.05) is 16.8 Å². The summed E-state index contributed by atoms with van der Waals surface area (Å²) in [6.45, 7) is 8.04. The summed E-state index contributed by atoms with van der Waals surface area (Å²) in [5, 5.41) is 0. The second-order valence-electron chi connectivity index (χ2n) is 0.433. The number of rotatable bonds is 0. The van der Waals surface area contributed by atoms with Crippen molar-refractivity contribution in [1.82, 2.24) is 0 Å². The van der Waals surface area contributed by atoms with Crippen LogP contribution in [0.2, 0.25) is 0 Å². The maximum atomic E-state index is 8.57. The minimum Gasteiger partial charge on any atom is -0.234 e. The maximum Gasteiger partial charge on any atom is 0.116 e. The molecule has 0 aromatic carbocycles. The van der Waals surface area contributed by atoms with Crippen molar-refractivity contribution in [2.24, 2.45) is 0 Å². The van der Waals surface area contributed by atoms with Gasteiger partial charge in [0.2, 0.25) is 0 Å². The summed E-state index contributed by atoms with van der Waals surface area (Å²) in [5.74, 6) is 3.75. The van der Waals surface area contributed by atoms with Crippen molar-refractivity contribution >= 4 is 17.8 Å². The zero-order chi connectivity index (χ0) is 8.12. The van der Waals surface area contributed by atoms with Crippen LogP contribution in [0.4, 0.5) is 0 Å². The Morgan fingerprint density at radius 2 is 0.700 bits per heavy atom. The molecular formula is C6H6CoO3. The Bertz CT molecular complexity index is 105. The first kappa shape index (κ1) is 23.2. The monoisotopic (exact) mass is 185 g/mol. The van der Waals surface area contributed by atoms with Crippen molar-refractivity contribution in [3.8, 4) is 0 Å². The van der Waals surface area contributed by atoms with Crippen molar-refractivity contribution in [3.05, 3.63) is 19.7 Å². The van der Waals surface area contributed by atoms with E-state index in [1.807, 2.05) is 0 Å². The third-order valence-electron chi connectivity index (χ3n) is 0. The van der Waals surface area contributed by atoms with Crippen LogP contribution < -0.4 is 0 Å². The van der Waals surface area contributed by atoms with Gasteiger partial charge in [-0.15, -0.1) is 0 Å². The van der Waals surface area contributed by atoms with E-state index in [-0.39, 0.29) is 16.8 Å². The van der Waals surface area contributed by atoms with E-state index in [2.05, 4.69) is 19.7 Å². The summed E-state index contributed by atoms with van der Waals surface area (Å²) >= 11 is 0. The molecule has 0 spiro atoms. The molecule has 0 aromatic heterocycles. The first-order valence-electron chi connectivity index (χ1n) is 1.67. The van der Waals surface area contributed by atoms with Crippen molar-refractivity contribution in [1.29, 1.82) is 0 Å². The molecule has 0 aromatic rings. The summed E-state index contributed by atoms with van der Waals surface area (Å²) in [4.78, 5) is 25.7. The fourth-order valence-corrected chi connectivity index (χ4v) is 0. The molecule has 0 atom stereocenters. The second-order valence-corrected chi connectivity index (χ2v) is 0.433. The third-order valence-corrected chi connectivity index (χ3v) is 0. The molecule has 4 heteroatoms. The van der Waals surface area contributed by atoms with Crippen molar-refractivity contribution in [2.45, 2.75) is 0 Å². The zero-order valence-corrected chi connectivity index (χ0v) is 6.22. The van der Waals surface area contributed by atoms with E-state index < -0.39 is 0 Å². The van der Waals surface area contributed by atoms with E-state index in [4.69, 9.17) is 14.4 Å². The number of carbonyl (C=O) groups excluding carboxylic acids is 3. The zero-order valence-electron chi connectivity index (χ0n) is 5.18. The third kappa shape index (κ3) is 180. The van der Waals surface area contributed by atoms with Crippen LogP contribution in [0.5, 0.6) is 0 Å². The smallest absolute Gasteiger partial charge is 0.116 e. The minimum atomic E-state index is 0. The Labute approximate surface area is 69.3 Å². The van der Waals surface area contributed by atoms with Crippen LogP contribution in [-0.4, -0.2) is 17.8 Å². The second kappa shape index (κ2) is 107. The summed E-state index contributed by atoms with van der Waals surface area (Å²) in [6, 6.07) is 0. The van der Waals surface area contributed by atoms with E-state index in [0.29, 0.717) is 0 Å². The first-order chi connectivity index (χ1) is 4.24. The van der Waals surface area contributed by atoms with Crippen LogP contribution in [0.15, 0.2) is 19.7 Å². The molecule has 0 bridgehead atoms. The van der Waals surface area contributed by atoms with Gasteiger partial charge < -0.3 is 0 Å². The van der Waals surface area contributed by atoms with Crippen LogP contribution >= 0.6 is 0 Å². The molecule has 1 radical (unpaired) electrons. The average Bonchev–Trinajstić information content (AvgIpc) is 1.70. The van der Waals surface area contributed by atoms with Gasteiger partial charge in [-0.2, -0.15) is 0 Å². The van der Waals surface area contributed by atoms with E-state index in [1.165, 1.54) is 17.8 Å². The summed E-state index contributed by atoms with van der Waals surface area (Å²) in [7, 11) is 0. The molecule has 0 aliphatic rings. The van der Waals surface area contributed by atoms with Crippen molar-refractivity contribution in [2.75, 3.05) is 0 Å². The predicted octanol–water partition coefficient (Wildman–Crippen LogP) is 0.00950. The number of hydrogen-bond acceptors (Lipinski definition) is 3. The molecule has 0 aliphatic carbocycles. The van der Waals surface area contributed by atoms with Crippen LogP contribution in [0, 0.1) is 0 Å². The summed E-state index contributed by atoms with van der Waals surface area (Å²) in [6.07, 6.45) is 0. The van der Waals surface area contributed by atoms with Gasteiger partial charge in [-0.25, -0.2) is 14.4 Å². The molecule has 0 N–H and O–H groups in total. The van der Waals surface area contributed by atoms with Crippen molar-refractivity contribution < 1.29 is 31.2 Å². The number of hydrogen-bond donors (Lipinski definition) is 0. The van der Waals surface area contributed by atoms with E-state index >= 15 is 0 Å². The van der Waals surface area contributed by atoms with Crippen molar-refractivity contribution in [3.63, 3.8) is 0 Å². The predicted molar refractivity (Wildman–Crippen MR) is 34.0 cm³/mol. The Kier molecular flexibility index (Phi) is 248. The average molecular weight is 185 g/mol. The fraction of sp³-hybridized carbons (Fsp3) is 0. The molecule has 0 fully saturated rings. The van der Waals surface area contributed by atoms with Gasteiger partial charge in [-0.05, 0) is 19.7 Å². The normalized spacial score (nSPS) is 2.40. The van der Waals surface area contributed by atoms with Gasteiger partial charge in [0.15, 0.2) is 0 Å². The van der Waals surface area contributed by atoms with Gasteiger partial charge in [0.1, 0.15) is 17.8 Å².